The van der Waals surface area contributed by atoms with Crippen molar-refractivity contribution in [1.82, 2.24) is 4.90 Å². The Morgan fingerprint density at radius 3 is 2.29 bits per heavy atom. The van der Waals surface area contributed by atoms with Crippen molar-refractivity contribution < 1.29 is 14.7 Å². The average molecular weight is 348 g/mol. The van der Waals surface area contributed by atoms with Gasteiger partial charge in [-0.2, -0.15) is 0 Å². The lowest BCUT2D eigenvalue weighted by atomic mass is 9.86. The number of thioether (sulfide) groups is 1. The number of benzene rings is 1. The Morgan fingerprint density at radius 2 is 1.83 bits per heavy atom. The summed E-state index contributed by atoms with van der Waals surface area (Å²) in [5, 5.41) is 11.3. The van der Waals surface area contributed by atoms with Crippen molar-refractivity contribution in [3.05, 3.63) is 35.4 Å². The van der Waals surface area contributed by atoms with Gasteiger partial charge in [-0.15, -0.1) is 11.8 Å². The summed E-state index contributed by atoms with van der Waals surface area (Å²) < 4.78 is 0. The van der Waals surface area contributed by atoms with Crippen molar-refractivity contribution in [2.24, 2.45) is 5.92 Å². The van der Waals surface area contributed by atoms with Gasteiger partial charge in [0.1, 0.15) is 0 Å². The van der Waals surface area contributed by atoms with Crippen LogP contribution in [-0.4, -0.2) is 33.9 Å². The predicted molar refractivity (Wildman–Crippen MR) is 95.8 cm³/mol. The van der Waals surface area contributed by atoms with E-state index >= 15 is 0 Å². The minimum absolute atomic E-state index is 0.0127. The molecule has 4 nitrogen and oxygen atoms in total. The number of carboxylic acid groups (broad SMARTS) is 1. The van der Waals surface area contributed by atoms with Crippen molar-refractivity contribution in [2.75, 3.05) is 5.75 Å². The van der Waals surface area contributed by atoms with Gasteiger partial charge in [0, 0.05) is 11.3 Å². The van der Waals surface area contributed by atoms with E-state index in [0.29, 0.717) is 17.2 Å². The fourth-order valence-corrected chi connectivity index (χ4v) is 4.49. The maximum atomic E-state index is 12.9. The Bertz CT molecular complexity index is 604. The first-order valence-corrected chi connectivity index (χ1v) is 9.41. The summed E-state index contributed by atoms with van der Waals surface area (Å²) in [4.78, 5) is 25.9. The van der Waals surface area contributed by atoms with Gasteiger partial charge in [0.2, 0.25) is 0 Å². The quantitative estimate of drug-likeness (QED) is 0.839. The molecule has 0 spiro atoms. The van der Waals surface area contributed by atoms with Crippen molar-refractivity contribution in [3.63, 3.8) is 0 Å². The SMILES string of the molecule is CC(C)C[C@@H]1SC[C@@H](C(=O)[O-])N1C(=O)c1ccc(C(C)(C)C)cc1. The number of nitrogens with zero attached hydrogens (tertiary/aromatic N) is 1. The second-order valence-corrected chi connectivity index (χ2v) is 9.00. The van der Waals surface area contributed by atoms with Crippen molar-refractivity contribution in [2.45, 2.75) is 57.9 Å². The molecule has 1 amide bonds. The number of hydrogen-bond acceptors (Lipinski definition) is 4. The molecule has 0 unspecified atom stereocenters. The van der Waals surface area contributed by atoms with Crippen LogP contribution in [0, 0.1) is 5.92 Å². The molecule has 0 radical (unpaired) electrons. The summed E-state index contributed by atoms with van der Waals surface area (Å²) in [5.74, 6) is -0.610. The van der Waals surface area contributed by atoms with E-state index < -0.39 is 12.0 Å². The van der Waals surface area contributed by atoms with Gasteiger partial charge in [0.15, 0.2) is 0 Å². The highest BCUT2D eigenvalue weighted by Gasteiger charge is 2.38. The van der Waals surface area contributed by atoms with Gasteiger partial charge in [0.25, 0.3) is 5.91 Å². The lowest BCUT2D eigenvalue weighted by Crippen LogP contribution is -2.51. The van der Waals surface area contributed by atoms with E-state index in [2.05, 4.69) is 34.6 Å². The third-order valence-corrected chi connectivity index (χ3v) is 5.58. The predicted octanol–water partition coefficient (Wildman–Crippen LogP) is 2.66. The fourth-order valence-electron chi connectivity index (χ4n) is 2.86. The molecule has 1 aliphatic rings. The third-order valence-electron chi connectivity index (χ3n) is 4.27. The van der Waals surface area contributed by atoms with Gasteiger partial charge >= 0.3 is 0 Å². The number of rotatable bonds is 4. The number of carbonyl (C=O) groups excluding carboxylic acids is 2. The molecule has 1 aromatic rings. The van der Waals surface area contributed by atoms with Crippen molar-refractivity contribution >= 4 is 23.6 Å². The van der Waals surface area contributed by atoms with Gasteiger partial charge in [-0.3, -0.25) is 4.79 Å². The summed E-state index contributed by atoms with van der Waals surface area (Å²) in [6, 6.07) is 6.63. The van der Waals surface area contributed by atoms with E-state index in [1.54, 1.807) is 12.1 Å². The molecule has 1 fully saturated rings. The van der Waals surface area contributed by atoms with Crippen LogP contribution in [0.15, 0.2) is 24.3 Å². The Labute approximate surface area is 148 Å². The highest BCUT2D eigenvalue weighted by atomic mass is 32.2. The number of carbonyl (C=O) groups is 2. The highest BCUT2D eigenvalue weighted by Crippen LogP contribution is 2.34. The zero-order chi connectivity index (χ0) is 18.1. The molecule has 132 valence electrons. The zero-order valence-electron chi connectivity index (χ0n) is 15.0. The summed E-state index contributed by atoms with van der Waals surface area (Å²) in [6.07, 6.45) is 0.778. The number of carboxylic acids is 1. The summed E-state index contributed by atoms with van der Waals surface area (Å²) in [5.41, 5.74) is 1.69. The molecule has 1 saturated heterocycles. The average Bonchev–Trinajstić information content (AvgIpc) is 2.88. The first kappa shape index (κ1) is 18.8. The Morgan fingerprint density at radius 1 is 1.25 bits per heavy atom. The van der Waals surface area contributed by atoms with Crippen LogP contribution in [0.25, 0.3) is 0 Å². The molecule has 0 N–H and O–H groups in total. The molecule has 1 heterocycles. The van der Waals surface area contributed by atoms with E-state index in [9.17, 15) is 14.7 Å². The normalized spacial score (nSPS) is 21.3. The van der Waals surface area contributed by atoms with E-state index in [-0.39, 0.29) is 16.7 Å². The van der Waals surface area contributed by atoms with Crippen LogP contribution in [0.1, 0.15) is 57.0 Å². The largest absolute Gasteiger partial charge is 0.548 e. The van der Waals surface area contributed by atoms with Crippen molar-refractivity contribution in [1.29, 1.82) is 0 Å². The molecule has 2 atom stereocenters. The molecule has 2 rings (SSSR count). The number of aliphatic carboxylic acids is 1. The molecule has 0 bridgehead atoms. The molecular formula is C19H26NO3S-. The van der Waals surface area contributed by atoms with Crippen LogP contribution in [0.3, 0.4) is 0 Å². The first-order valence-electron chi connectivity index (χ1n) is 8.37. The van der Waals surface area contributed by atoms with Gasteiger partial charge in [-0.05, 0) is 35.4 Å². The maximum Gasteiger partial charge on any atom is 0.255 e. The van der Waals surface area contributed by atoms with Crippen LogP contribution >= 0.6 is 11.8 Å². The van der Waals surface area contributed by atoms with Crippen LogP contribution in [0.4, 0.5) is 0 Å². The van der Waals surface area contributed by atoms with Crippen LogP contribution in [0.5, 0.6) is 0 Å². The van der Waals surface area contributed by atoms with E-state index in [1.807, 2.05) is 12.1 Å². The minimum Gasteiger partial charge on any atom is -0.548 e. The number of hydrogen-bond donors (Lipinski definition) is 0. The minimum atomic E-state index is -1.17. The van der Waals surface area contributed by atoms with E-state index in [1.165, 1.54) is 16.7 Å². The fraction of sp³-hybridized carbons (Fsp3) is 0.579. The molecule has 1 aromatic carbocycles. The van der Waals surface area contributed by atoms with Gasteiger partial charge < -0.3 is 14.8 Å². The second-order valence-electron chi connectivity index (χ2n) is 7.79. The third kappa shape index (κ3) is 4.12. The van der Waals surface area contributed by atoms with Gasteiger partial charge in [-0.25, -0.2) is 0 Å². The monoisotopic (exact) mass is 348 g/mol. The van der Waals surface area contributed by atoms with Crippen molar-refractivity contribution in [3.8, 4) is 0 Å². The molecule has 5 heteroatoms. The maximum absolute atomic E-state index is 12.9. The Balaban J connectivity index is 2.27. The van der Waals surface area contributed by atoms with Crippen LogP contribution < -0.4 is 5.11 Å². The zero-order valence-corrected chi connectivity index (χ0v) is 15.9. The molecule has 0 aromatic heterocycles. The molecule has 1 aliphatic heterocycles. The van der Waals surface area contributed by atoms with Gasteiger partial charge in [0.05, 0.1) is 17.4 Å². The lowest BCUT2D eigenvalue weighted by molar-refractivity contribution is -0.310. The highest BCUT2D eigenvalue weighted by molar-refractivity contribution is 8.00. The smallest absolute Gasteiger partial charge is 0.255 e. The first-order chi connectivity index (χ1) is 11.1. The van der Waals surface area contributed by atoms with E-state index in [0.717, 1.165) is 12.0 Å². The summed E-state index contributed by atoms with van der Waals surface area (Å²) in [7, 11) is 0. The van der Waals surface area contributed by atoms with Gasteiger partial charge in [-0.1, -0.05) is 46.8 Å². The van der Waals surface area contributed by atoms with Crippen LogP contribution in [-0.2, 0) is 10.2 Å². The Kier molecular flexibility index (Phi) is 5.63. The standard InChI is InChI=1S/C19H27NO3S/c1-12(2)10-16-20(15(11-24-16)18(22)23)17(21)13-6-8-14(9-7-13)19(3,4)5/h6-9,12,15-16H,10-11H2,1-5H3,(H,22,23)/p-1/t15-,16-/m0/s1. The topological polar surface area (TPSA) is 60.4 Å². The van der Waals surface area contributed by atoms with Crippen LogP contribution in [0.2, 0.25) is 0 Å². The molecule has 0 saturated carbocycles. The number of amides is 1. The molecular weight excluding hydrogens is 322 g/mol. The second kappa shape index (κ2) is 7.18. The summed E-state index contributed by atoms with van der Waals surface area (Å²) in [6.45, 7) is 10.5. The molecule has 0 aliphatic carbocycles. The molecule has 24 heavy (non-hydrogen) atoms. The van der Waals surface area contributed by atoms with E-state index in [4.69, 9.17) is 0 Å². The summed E-state index contributed by atoms with van der Waals surface area (Å²) >= 11 is 1.53. The lowest BCUT2D eigenvalue weighted by Gasteiger charge is -2.31. The Hall–Kier alpha value is -1.49.